The normalized spacial score (nSPS) is 10.7. The number of nitro groups is 1. The summed E-state index contributed by atoms with van der Waals surface area (Å²) in [5.74, 6) is -0.914. The first-order valence-electron chi connectivity index (χ1n) is 5.53. The largest absolute Gasteiger partial charge is 0.502 e. The number of thiophene rings is 1. The van der Waals surface area contributed by atoms with Gasteiger partial charge in [0.15, 0.2) is 0 Å². The number of aromatic hydroxyl groups is 1. The Morgan fingerprint density at radius 3 is 2.90 bits per heavy atom. The number of amides is 1. The molecule has 0 aliphatic carbocycles. The summed E-state index contributed by atoms with van der Waals surface area (Å²) in [6, 6.07) is 5.99. The van der Waals surface area contributed by atoms with E-state index in [1.165, 1.54) is 23.5 Å². The average molecular weight is 370 g/mol. The second-order valence-electron chi connectivity index (χ2n) is 3.80. The minimum Gasteiger partial charge on any atom is -0.502 e. The third-order valence-corrected chi connectivity index (χ3v) is 3.72. The maximum atomic E-state index is 11.6. The molecule has 9 heteroatoms. The molecule has 1 aromatic carbocycles. The molecule has 0 saturated heterocycles. The fourth-order valence-electron chi connectivity index (χ4n) is 1.47. The summed E-state index contributed by atoms with van der Waals surface area (Å²) in [6.07, 6.45) is 1.14. The van der Waals surface area contributed by atoms with E-state index in [0.717, 1.165) is 6.21 Å². The van der Waals surface area contributed by atoms with E-state index in [-0.39, 0.29) is 5.56 Å². The van der Waals surface area contributed by atoms with E-state index in [9.17, 15) is 20.0 Å². The van der Waals surface area contributed by atoms with Gasteiger partial charge in [-0.25, -0.2) is 5.43 Å². The molecule has 0 bridgehead atoms. The van der Waals surface area contributed by atoms with Gasteiger partial charge in [0.2, 0.25) is 5.75 Å². The van der Waals surface area contributed by atoms with Gasteiger partial charge in [0, 0.05) is 16.1 Å². The molecule has 2 N–H and O–H groups in total. The Labute approximate surface area is 131 Å². The van der Waals surface area contributed by atoms with Crippen LogP contribution in [0.5, 0.6) is 5.75 Å². The first-order chi connectivity index (χ1) is 9.99. The summed E-state index contributed by atoms with van der Waals surface area (Å²) in [6.45, 7) is 0. The molecule has 0 aliphatic heterocycles. The number of hydrazone groups is 1. The van der Waals surface area contributed by atoms with Crippen molar-refractivity contribution in [3.05, 3.63) is 54.7 Å². The predicted octanol–water partition coefficient (Wildman–Crippen LogP) is 2.89. The second kappa shape index (κ2) is 6.46. The summed E-state index contributed by atoms with van der Waals surface area (Å²) in [5.41, 5.74) is 1.94. The van der Waals surface area contributed by atoms with E-state index < -0.39 is 22.3 Å². The highest BCUT2D eigenvalue weighted by Gasteiger charge is 2.17. The number of phenolic OH excluding ortho intramolecular Hbond substituents is 1. The van der Waals surface area contributed by atoms with Gasteiger partial charge in [0.25, 0.3) is 5.91 Å². The molecule has 0 unspecified atom stereocenters. The molecule has 0 aliphatic rings. The zero-order valence-electron chi connectivity index (χ0n) is 10.3. The van der Waals surface area contributed by atoms with Crippen molar-refractivity contribution in [3.8, 4) is 5.75 Å². The van der Waals surface area contributed by atoms with Gasteiger partial charge in [0.1, 0.15) is 0 Å². The van der Waals surface area contributed by atoms with Crippen molar-refractivity contribution in [1.29, 1.82) is 0 Å². The molecule has 0 spiro atoms. The monoisotopic (exact) mass is 369 g/mol. The molecule has 0 atom stereocenters. The number of halogens is 1. The zero-order chi connectivity index (χ0) is 15.4. The van der Waals surface area contributed by atoms with Gasteiger partial charge in [-0.2, -0.15) is 5.10 Å². The number of carbonyl (C=O) groups is 1. The van der Waals surface area contributed by atoms with E-state index in [1.54, 1.807) is 17.5 Å². The van der Waals surface area contributed by atoms with Crippen LogP contribution in [0.25, 0.3) is 0 Å². The number of phenols is 1. The Balaban J connectivity index is 2.18. The fraction of sp³-hybridized carbons (Fsp3) is 0. The molecule has 2 rings (SSSR count). The van der Waals surface area contributed by atoms with Crippen LogP contribution in [0.15, 0.2) is 39.2 Å². The molecule has 1 aromatic heterocycles. The van der Waals surface area contributed by atoms with Crippen molar-refractivity contribution in [3.63, 3.8) is 0 Å². The molecule has 108 valence electrons. The SMILES string of the molecule is O=C(N/N=C\c1cc(Br)cc([N+](=O)[O-])c1O)c1cccs1. The predicted molar refractivity (Wildman–Crippen MR) is 81.8 cm³/mol. The molecule has 2 aromatic rings. The van der Waals surface area contributed by atoms with Crippen molar-refractivity contribution in [1.82, 2.24) is 5.43 Å². The Morgan fingerprint density at radius 2 is 2.29 bits per heavy atom. The van der Waals surface area contributed by atoms with Crippen molar-refractivity contribution < 1.29 is 14.8 Å². The Kier molecular flexibility index (Phi) is 4.66. The van der Waals surface area contributed by atoms with Crippen LogP contribution >= 0.6 is 27.3 Å². The fourth-order valence-corrected chi connectivity index (χ4v) is 2.54. The summed E-state index contributed by atoms with van der Waals surface area (Å²) in [7, 11) is 0. The van der Waals surface area contributed by atoms with E-state index in [0.29, 0.717) is 9.35 Å². The molecule has 7 nitrogen and oxygen atoms in total. The van der Waals surface area contributed by atoms with Crippen molar-refractivity contribution in [2.45, 2.75) is 0 Å². The summed E-state index contributed by atoms with van der Waals surface area (Å²) in [5, 5.41) is 26.0. The van der Waals surface area contributed by atoms with Crippen LogP contribution in [0.3, 0.4) is 0 Å². The van der Waals surface area contributed by atoms with Gasteiger partial charge in [-0.05, 0) is 17.5 Å². The van der Waals surface area contributed by atoms with Crippen molar-refractivity contribution >= 4 is 45.1 Å². The zero-order valence-corrected chi connectivity index (χ0v) is 12.7. The third-order valence-electron chi connectivity index (χ3n) is 2.40. The maximum absolute atomic E-state index is 11.6. The first kappa shape index (κ1) is 15.1. The van der Waals surface area contributed by atoms with Crippen LogP contribution in [0.4, 0.5) is 5.69 Å². The van der Waals surface area contributed by atoms with Gasteiger partial charge >= 0.3 is 5.69 Å². The number of nitro benzene ring substituents is 1. The van der Waals surface area contributed by atoms with Gasteiger partial charge in [-0.1, -0.05) is 22.0 Å². The number of nitrogens with one attached hydrogen (secondary N) is 1. The number of nitrogens with zero attached hydrogens (tertiary/aromatic N) is 2. The molecule has 0 radical (unpaired) electrons. The van der Waals surface area contributed by atoms with E-state index in [1.807, 2.05) is 0 Å². The van der Waals surface area contributed by atoms with E-state index in [4.69, 9.17) is 0 Å². The first-order valence-corrected chi connectivity index (χ1v) is 7.20. The topological polar surface area (TPSA) is 105 Å². The minimum absolute atomic E-state index is 0.113. The van der Waals surface area contributed by atoms with Gasteiger partial charge in [0.05, 0.1) is 16.0 Å². The summed E-state index contributed by atoms with van der Waals surface area (Å²) in [4.78, 5) is 22.2. The van der Waals surface area contributed by atoms with Crippen molar-refractivity contribution in [2.24, 2.45) is 5.10 Å². The Morgan fingerprint density at radius 1 is 1.52 bits per heavy atom. The average Bonchev–Trinajstić information content (AvgIpc) is 2.95. The van der Waals surface area contributed by atoms with Gasteiger partial charge in [-0.15, -0.1) is 11.3 Å². The van der Waals surface area contributed by atoms with Crippen LogP contribution in [-0.4, -0.2) is 22.2 Å². The van der Waals surface area contributed by atoms with E-state index >= 15 is 0 Å². The number of hydrogen-bond donors (Lipinski definition) is 2. The highest BCUT2D eigenvalue weighted by Crippen LogP contribution is 2.32. The van der Waals surface area contributed by atoms with Crippen LogP contribution in [0.2, 0.25) is 0 Å². The molecule has 1 amide bonds. The lowest BCUT2D eigenvalue weighted by Gasteiger charge is -2.01. The Hall–Kier alpha value is -2.26. The van der Waals surface area contributed by atoms with Crippen LogP contribution in [-0.2, 0) is 0 Å². The van der Waals surface area contributed by atoms with E-state index in [2.05, 4.69) is 26.5 Å². The summed E-state index contributed by atoms with van der Waals surface area (Å²) < 4.78 is 0.415. The molecular weight excluding hydrogens is 362 g/mol. The van der Waals surface area contributed by atoms with Gasteiger partial charge < -0.3 is 5.11 Å². The minimum atomic E-state index is -0.707. The van der Waals surface area contributed by atoms with Crippen LogP contribution in [0, 0.1) is 10.1 Å². The molecule has 0 fully saturated rings. The van der Waals surface area contributed by atoms with Crippen LogP contribution in [0.1, 0.15) is 15.2 Å². The maximum Gasteiger partial charge on any atom is 0.312 e. The number of rotatable bonds is 4. The molecule has 0 saturated carbocycles. The third kappa shape index (κ3) is 3.64. The molecule has 21 heavy (non-hydrogen) atoms. The van der Waals surface area contributed by atoms with Gasteiger partial charge in [-0.3, -0.25) is 14.9 Å². The smallest absolute Gasteiger partial charge is 0.312 e. The number of hydrogen-bond acceptors (Lipinski definition) is 6. The lowest BCUT2D eigenvalue weighted by molar-refractivity contribution is -0.385. The molecular formula is C12H8BrN3O4S. The highest BCUT2D eigenvalue weighted by atomic mass is 79.9. The van der Waals surface area contributed by atoms with Crippen molar-refractivity contribution in [2.75, 3.05) is 0 Å². The lowest BCUT2D eigenvalue weighted by atomic mass is 10.2. The number of carbonyl (C=O) groups excluding carboxylic acids is 1. The molecule has 1 heterocycles. The highest BCUT2D eigenvalue weighted by molar-refractivity contribution is 9.10. The summed E-state index contributed by atoms with van der Waals surface area (Å²) >= 11 is 4.36. The standard InChI is InChI=1S/C12H8BrN3O4S/c13-8-4-7(11(17)9(5-8)16(19)20)6-14-15-12(18)10-2-1-3-21-10/h1-6,17H,(H,15,18)/b14-6-. The van der Waals surface area contributed by atoms with Crippen LogP contribution < -0.4 is 5.43 Å². The lowest BCUT2D eigenvalue weighted by Crippen LogP contribution is -2.16. The Bertz CT molecular complexity index is 716. The number of benzene rings is 1. The second-order valence-corrected chi connectivity index (χ2v) is 5.66. The quantitative estimate of drug-likeness (QED) is 0.490.